The first-order valence-electron chi connectivity index (χ1n) is 8.92. The normalized spacial score (nSPS) is 29.8. The Bertz CT molecular complexity index is 904. The average molecular weight is 417 g/mol. The van der Waals surface area contributed by atoms with Crippen molar-refractivity contribution in [3.63, 3.8) is 0 Å². The van der Waals surface area contributed by atoms with E-state index in [0.29, 0.717) is 5.71 Å². The zero-order valence-electron chi connectivity index (χ0n) is 15.6. The number of carbonyl (C=O) groups excluding carboxylic acids is 1. The molecule has 0 bridgehead atoms. The van der Waals surface area contributed by atoms with E-state index in [0.717, 1.165) is 12.1 Å². The number of nitrogens with one attached hydrogen (secondary N) is 1. The number of oxime groups is 1. The van der Waals surface area contributed by atoms with E-state index in [2.05, 4.69) is 14.8 Å². The molecule has 28 heavy (non-hydrogen) atoms. The molecule has 0 spiro atoms. The molecule has 2 aliphatic heterocycles. The molecule has 3 rings (SSSR count). The van der Waals surface area contributed by atoms with Gasteiger partial charge in [0, 0.05) is 47.2 Å². The van der Waals surface area contributed by atoms with Crippen LogP contribution in [-0.4, -0.2) is 47.0 Å². The maximum atomic E-state index is 15.3. The Morgan fingerprint density at radius 2 is 1.96 bits per heavy atom. The van der Waals surface area contributed by atoms with Crippen molar-refractivity contribution in [2.75, 3.05) is 25.1 Å². The van der Waals surface area contributed by atoms with Gasteiger partial charge in [0.25, 0.3) is 0 Å². The number of amides is 1. The predicted octanol–water partition coefficient (Wildman–Crippen LogP) is 2.65. The van der Waals surface area contributed by atoms with Crippen LogP contribution in [0.2, 0.25) is 0 Å². The van der Waals surface area contributed by atoms with Crippen LogP contribution in [0.3, 0.4) is 0 Å². The molecule has 154 valence electrons. The molecular weight excluding hydrogens is 395 g/mol. The van der Waals surface area contributed by atoms with Crippen molar-refractivity contribution >= 4 is 21.3 Å². The molecule has 0 unspecified atom stereocenters. The lowest BCUT2D eigenvalue weighted by Gasteiger charge is -2.32. The van der Waals surface area contributed by atoms with Crippen LogP contribution in [0.1, 0.15) is 37.3 Å². The number of rotatable bonds is 4. The number of hydrogen-bond donors (Lipinski definition) is 1. The van der Waals surface area contributed by atoms with Gasteiger partial charge in [0.05, 0.1) is 17.8 Å². The SMILES string of the molecule is CN=[S@]1(=O)CC[C@@](F)(c2c(F)cc(C3=NO[C@@H](CNC(C)=O)C3)cc2F)CC1. The molecule has 1 N–H and O–H groups in total. The van der Waals surface area contributed by atoms with Crippen LogP contribution < -0.4 is 5.32 Å². The lowest BCUT2D eigenvalue weighted by Crippen LogP contribution is -2.35. The standard InChI is InChI=1S/C18H22F3N3O3S/c1-11(25)23-10-13-9-16(24-27-13)12-7-14(19)17(15(20)8-12)18(21)3-5-28(26,22-2)6-4-18/h7-8,13H,3-6,9-10H2,1-2H3,(H,23,25)/t13-,18-,28-/m1/s1. The lowest BCUT2D eigenvalue weighted by atomic mass is 9.87. The molecule has 0 saturated carbocycles. The van der Waals surface area contributed by atoms with Crippen LogP contribution in [0.5, 0.6) is 0 Å². The zero-order valence-corrected chi connectivity index (χ0v) is 16.5. The molecule has 10 heteroatoms. The van der Waals surface area contributed by atoms with Crippen LogP contribution in [0, 0.1) is 11.6 Å². The molecule has 0 aliphatic carbocycles. The van der Waals surface area contributed by atoms with E-state index in [1.807, 2.05) is 0 Å². The number of carbonyl (C=O) groups is 1. The van der Waals surface area contributed by atoms with Crippen molar-refractivity contribution < 1.29 is 27.0 Å². The smallest absolute Gasteiger partial charge is 0.217 e. The summed E-state index contributed by atoms with van der Waals surface area (Å²) >= 11 is 0. The molecule has 1 atom stereocenters. The zero-order chi connectivity index (χ0) is 20.5. The third-order valence-corrected chi connectivity index (χ3v) is 7.45. The minimum atomic E-state index is -2.50. The van der Waals surface area contributed by atoms with E-state index in [9.17, 15) is 17.8 Å². The van der Waals surface area contributed by atoms with Crippen molar-refractivity contribution in [3.05, 3.63) is 34.9 Å². The highest BCUT2D eigenvalue weighted by atomic mass is 32.2. The van der Waals surface area contributed by atoms with Gasteiger partial charge in [-0.2, -0.15) is 0 Å². The van der Waals surface area contributed by atoms with Gasteiger partial charge in [-0.15, -0.1) is 0 Å². The Morgan fingerprint density at radius 3 is 2.50 bits per heavy atom. The van der Waals surface area contributed by atoms with E-state index < -0.39 is 38.7 Å². The summed E-state index contributed by atoms with van der Waals surface area (Å²) in [6, 6.07) is 2.08. The highest BCUT2D eigenvalue weighted by Gasteiger charge is 2.42. The summed E-state index contributed by atoms with van der Waals surface area (Å²) in [5, 5.41) is 6.41. The molecule has 2 heterocycles. The molecule has 2 aliphatic rings. The lowest BCUT2D eigenvalue weighted by molar-refractivity contribution is -0.119. The second-order valence-electron chi connectivity index (χ2n) is 7.05. The molecule has 0 aromatic heterocycles. The van der Waals surface area contributed by atoms with E-state index in [1.165, 1.54) is 14.0 Å². The molecule has 1 saturated heterocycles. The van der Waals surface area contributed by atoms with Gasteiger partial charge in [0.2, 0.25) is 5.91 Å². The van der Waals surface area contributed by atoms with Gasteiger partial charge >= 0.3 is 0 Å². The summed E-state index contributed by atoms with van der Waals surface area (Å²) < 4.78 is 60.7. The first-order chi connectivity index (χ1) is 13.2. The Labute approximate surface area is 161 Å². The average Bonchev–Trinajstić information content (AvgIpc) is 3.11. The molecule has 1 aromatic rings. The molecule has 6 nitrogen and oxygen atoms in total. The minimum Gasteiger partial charge on any atom is -0.390 e. The highest BCUT2D eigenvalue weighted by Crippen LogP contribution is 2.41. The van der Waals surface area contributed by atoms with Gasteiger partial charge in [-0.1, -0.05) is 5.16 Å². The summed E-state index contributed by atoms with van der Waals surface area (Å²) in [5.41, 5.74) is -2.37. The van der Waals surface area contributed by atoms with Crippen molar-refractivity contribution in [1.29, 1.82) is 0 Å². The van der Waals surface area contributed by atoms with Crippen LogP contribution in [-0.2, 0) is 25.0 Å². The Morgan fingerprint density at radius 1 is 1.36 bits per heavy atom. The first-order valence-corrected chi connectivity index (χ1v) is 10.8. The fourth-order valence-corrected chi connectivity index (χ4v) is 5.29. The van der Waals surface area contributed by atoms with E-state index in [1.54, 1.807) is 0 Å². The van der Waals surface area contributed by atoms with E-state index >= 15 is 4.39 Å². The van der Waals surface area contributed by atoms with Crippen molar-refractivity contribution in [1.82, 2.24) is 5.32 Å². The number of nitrogens with zero attached hydrogens (tertiary/aromatic N) is 2. The van der Waals surface area contributed by atoms with Gasteiger partial charge in [-0.25, -0.2) is 21.7 Å². The monoisotopic (exact) mass is 417 g/mol. The number of hydrogen-bond acceptors (Lipinski definition) is 5. The molecule has 0 radical (unpaired) electrons. The Hall–Kier alpha value is -2.10. The predicted molar refractivity (Wildman–Crippen MR) is 99.3 cm³/mol. The quantitative estimate of drug-likeness (QED) is 0.818. The van der Waals surface area contributed by atoms with Crippen molar-refractivity contribution in [3.8, 4) is 0 Å². The summed E-state index contributed by atoms with van der Waals surface area (Å²) in [7, 11) is -1.09. The number of benzene rings is 1. The van der Waals surface area contributed by atoms with Crippen LogP contribution in [0.15, 0.2) is 21.7 Å². The summed E-state index contributed by atoms with van der Waals surface area (Å²) in [4.78, 5) is 16.1. The number of alkyl halides is 1. The maximum Gasteiger partial charge on any atom is 0.217 e. The topological polar surface area (TPSA) is 80.1 Å². The molecule has 1 aromatic carbocycles. The molecule has 1 fully saturated rings. The van der Waals surface area contributed by atoms with E-state index in [-0.39, 0.29) is 48.8 Å². The van der Waals surface area contributed by atoms with Crippen LogP contribution in [0.25, 0.3) is 0 Å². The maximum absolute atomic E-state index is 15.3. The van der Waals surface area contributed by atoms with Gasteiger partial charge in [-0.05, 0) is 25.0 Å². The minimum absolute atomic E-state index is 0.0357. The van der Waals surface area contributed by atoms with Crippen LogP contribution in [0.4, 0.5) is 13.2 Å². The van der Waals surface area contributed by atoms with E-state index in [4.69, 9.17) is 4.84 Å². The third kappa shape index (κ3) is 4.16. The fourth-order valence-electron chi connectivity index (χ4n) is 3.44. The summed E-state index contributed by atoms with van der Waals surface area (Å²) in [6.07, 6.45) is -0.667. The summed E-state index contributed by atoms with van der Waals surface area (Å²) in [6.45, 7) is 1.59. The second-order valence-corrected chi connectivity index (χ2v) is 9.78. The summed E-state index contributed by atoms with van der Waals surface area (Å²) in [5.74, 6) is -2.31. The van der Waals surface area contributed by atoms with Gasteiger partial charge in [0.1, 0.15) is 23.4 Å². The Kier molecular flexibility index (Phi) is 5.69. The molecule has 1 amide bonds. The number of halogens is 3. The van der Waals surface area contributed by atoms with Crippen molar-refractivity contribution in [2.45, 2.75) is 38.0 Å². The first kappa shape index (κ1) is 20.6. The Balaban J connectivity index is 1.79. The second kappa shape index (κ2) is 7.73. The highest BCUT2D eigenvalue weighted by molar-refractivity contribution is 7.93. The molecular formula is C18H22F3N3O3S. The van der Waals surface area contributed by atoms with Crippen molar-refractivity contribution in [2.24, 2.45) is 9.52 Å². The van der Waals surface area contributed by atoms with Gasteiger partial charge in [0.15, 0.2) is 0 Å². The van der Waals surface area contributed by atoms with Gasteiger partial charge < -0.3 is 10.2 Å². The largest absolute Gasteiger partial charge is 0.390 e. The fraction of sp³-hybridized carbons (Fsp3) is 0.556. The van der Waals surface area contributed by atoms with Crippen LogP contribution >= 0.6 is 0 Å². The third-order valence-electron chi connectivity index (χ3n) is 5.10. The van der Waals surface area contributed by atoms with Gasteiger partial charge in [-0.3, -0.25) is 4.79 Å².